The van der Waals surface area contributed by atoms with Crippen LogP contribution >= 0.6 is 0 Å². The summed E-state index contributed by atoms with van der Waals surface area (Å²) >= 11 is 0. The molecule has 6 nitrogen and oxygen atoms in total. The van der Waals surface area contributed by atoms with Crippen LogP contribution in [0.1, 0.15) is 12.0 Å². The fourth-order valence-corrected chi connectivity index (χ4v) is 4.93. The second-order valence-corrected chi connectivity index (χ2v) is 7.34. The Hall–Kier alpha value is -1.46. The Kier molecular flexibility index (Phi) is 4.19. The van der Waals surface area contributed by atoms with Crippen molar-refractivity contribution >= 4 is 10.0 Å². The molecule has 1 aliphatic carbocycles. The molecular formula is C15H18N2O4S. The third kappa shape index (κ3) is 2.52. The lowest BCUT2D eigenvalue weighted by molar-refractivity contribution is -0.0775. The van der Waals surface area contributed by atoms with E-state index in [0.29, 0.717) is 13.2 Å². The molecule has 118 valence electrons. The Bertz CT molecular complexity index is 698. The monoisotopic (exact) mass is 322 g/mol. The fraction of sp³-hybridized carbons (Fsp3) is 0.533. The fourth-order valence-electron chi connectivity index (χ4n) is 3.43. The summed E-state index contributed by atoms with van der Waals surface area (Å²) in [6.45, 7) is 1.11. The minimum Gasteiger partial charge on any atom is -0.384 e. The zero-order valence-electron chi connectivity index (χ0n) is 12.2. The highest BCUT2D eigenvalue weighted by Crippen LogP contribution is 2.44. The van der Waals surface area contributed by atoms with Crippen LogP contribution in [0.5, 0.6) is 0 Å². The van der Waals surface area contributed by atoms with Gasteiger partial charge in [-0.05, 0) is 18.6 Å². The first-order valence-corrected chi connectivity index (χ1v) is 8.69. The van der Waals surface area contributed by atoms with Gasteiger partial charge in [0.15, 0.2) is 0 Å². The highest BCUT2D eigenvalue weighted by atomic mass is 32.2. The van der Waals surface area contributed by atoms with Gasteiger partial charge in [0.1, 0.15) is 6.07 Å². The molecule has 0 spiro atoms. The van der Waals surface area contributed by atoms with E-state index in [1.54, 1.807) is 19.2 Å². The number of nitriles is 1. The molecule has 22 heavy (non-hydrogen) atoms. The van der Waals surface area contributed by atoms with E-state index >= 15 is 0 Å². The average molecular weight is 322 g/mol. The maximum absolute atomic E-state index is 12.6. The van der Waals surface area contributed by atoms with Crippen LogP contribution in [0.3, 0.4) is 0 Å². The normalized spacial score (nSPS) is 30.4. The number of nitrogens with one attached hydrogen (secondary N) is 1. The second-order valence-electron chi connectivity index (χ2n) is 5.66. The minimum absolute atomic E-state index is 0.0153. The van der Waals surface area contributed by atoms with Crippen molar-refractivity contribution in [2.24, 2.45) is 11.8 Å². The Labute approximate surface area is 130 Å². The second kappa shape index (κ2) is 5.97. The standard InChI is InChI=1S/C15H18N2O4S/c1-20-9-12-14(11-6-7-21-15(11)12)17-22(18,19)13-5-3-2-4-10(13)8-16/h2-5,11-12,14-15,17H,6-7,9H2,1H3/t11-,12+,14-,15-/m0/s1. The van der Waals surface area contributed by atoms with Gasteiger partial charge in [0.25, 0.3) is 0 Å². The molecule has 0 amide bonds. The van der Waals surface area contributed by atoms with Crippen LogP contribution in [0.15, 0.2) is 29.2 Å². The first kappa shape index (κ1) is 15.4. The number of benzene rings is 1. The van der Waals surface area contributed by atoms with E-state index in [0.717, 1.165) is 6.42 Å². The average Bonchev–Trinajstić information content (AvgIpc) is 2.95. The van der Waals surface area contributed by atoms with Crippen LogP contribution in [-0.4, -0.2) is 40.9 Å². The highest BCUT2D eigenvalue weighted by Gasteiger charge is 2.55. The van der Waals surface area contributed by atoms with Gasteiger partial charge in [-0.3, -0.25) is 0 Å². The Balaban J connectivity index is 1.83. The Morgan fingerprint density at radius 1 is 1.45 bits per heavy atom. The number of nitrogens with zero attached hydrogens (tertiary/aromatic N) is 1. The van der Waals surface area contributed by atoms with Crippen molar-refractivity contribution in [3.05, 3.63) is 29.8 Å². The maximum Gasteiger partial charge on any atom is 0.242 e. The smallest absolute Gasteiger partial charge is 0.242 e. The van der Waals surface area contributed by atoms with Crippen molar-refractivity contribution in [2.75, 3.05) is 20.3 Å². The van der Waals surface area contributed by atoms with Gasteiger partial charge in [0.05, 0.1) is 23.2 Å². The molecule has 1 aliphatic heterocycles. The summed E-state index contributed by atoms with van der Waals surface area (Å²) in [6, 6.07) is 7.94. The molecule has 2 aliphatic rings. The molecular weight excluding hydrogens is 304 g/mol. The van der Waals surface area contributed by atoms with Gasteiger partial charge in [-0.2, -0.15) is 5.26 Å². The van der Waals surface area contributed by atoms with E-state index in [9.17, 15) is 8.42 Å². The lowest BCUT2D eigenvalue weighted by atomic mass is 9.68. The molecule has 1 N–H and O–H groups in total. The quantitative estimate of drug-likeness (QED) is 0.869. The topological polar surface area (TPSA) is 88.4 Å². The minimum atomic E-state index is -3.74. The van der Waals surface area contributed by atoms with Crippen LogP contribution in [0.2, 0.25) is 0 Å². The van der Waals surface area contributed by atoms with Crippen molar-refractivity contribution in [3.8, 4) is 6.07 Å². The van der Waals surface area contributed by atoms with Crippen LogP contribution in [0.25, 0.3) is 0 Å². The Morgan fingerprint density at radius 2 is 2.23 bits per heavy atom. The molecule has 1 heterocycles. The molecule has 0 bridgehead atoms. The predicted octanol–water partition coefficient (Wildman–Crippen LogP) is 0.886. The third-order valence-corrected chi connectivity index (χ3v) is 5.99. The number of sulfonamides is 1. The molecule has 0 aromatic heterocycles. The van der Waals surface area contributed by atoms with Crippen molar-refractivity contribution in [1.29, 1.82) is 5.26 Å². The van der Waals surface area contributed by atoms with Crippen LogP contribution in [0, 0.1) is 23.2 Å². The number of hydrogen-bond acceptors (Lipinski definition) is 5. The van der Waals surface area contributed by atoms with Crippen molar-refractivity contribution in [3.63, 3.8) is 0 Å². The highest BCUT2D eigenvalue weighted by molar-refractivity contribution is 7.89. The zero-order chi connectivity index (χ0) is 15.7. The van der Waals surface area contributed by atoms with Gasteiger partial charge < -0.3 is 9.47 Å². The van der Waals surface area contributed by atoms with E-state index in [1.807, 2.05) is 6.07 Å². The number of rotatable bonds is 5. The van der Waals surface area contributed by atoms with Crippen LogP contribution in [0.4, 0.5) is 0 Å². The van der Waals surface area contributed by atoms with Crippen molar-refractivity contribution < 1.29 is 17.9 Å². The largest absolute Gasteiger partial charge is 0.384 e. The van der Waals surface area contributed by atoms with Gasteiger partial charge in [-0.1, -0.05) is 12.1 Å². The van der Waals surface area contributed by atoms with Gasteiger partial charge in [-0.15, -0.1) is 0 Å². The summed E-state index contributed by atoms with van der Waals surface area (Å²) in [4.78, 5) is 0.0241. The molecule has 0 radical (unpaired) electrons. The number of ether oxygens (including phenoxy) is 2. The van der Waals surface area contributed by atoms with Gasteiger partial charge >= 0.3 is 0 Å². The molecule has 7 heteroatoms. The Morgan fingerprint density at radius 3 is 2.95 bits per heavy atom. The van der Waals surface area contributed by atoms with Gasteiger partial charge in [0.2, 0.25) is 10.0 Å². The molecule has 3 rings (SSSR count). The SMILES string of the molecule is COC[C@@H]1[C@@H](NS(=O)(=O)c2ccccc2C#N)[C@@H]2CCO[C@H]12. The van der Waals surface area contributed by atoms with E-state index < -0.39 is 10.0 Å². The summed E-state index contributed by atoms with van der Waals surface area (Å²) in [6.07, 6.45) is 0.914. The molecule has 1 aromatic carbocycles. The predicted molar refractivity (Wildman–Crippen MR) is 78.5 cm³/mol. The first-order chi connectivity index (χ1) is 10.6. The number of fused-ring (bicyclic) bond motifs is 1. The number of hydrogen-bond donors (Lipinski definition) is 1. The summed E-state index contributed by atoms with van der Waals surface area (Å²) < 4.78 is 38.8. The first-order valence-electron chi connectivity index (χ1n) is 7.20. The molecule has 0 unspecified atom stereocenters. The summed E-state index contributed by atoms with van der Waals surface area (Å²) in [5.41, 5.74) is 0.150. The van der Waals surface area contributed by atoms with Crippen molar-refractivity contribution in [1.82, 2.24) is 4.72 Å². The summed E-state index contributed by atoms with van der Waals surface area (Å²) in [5, 5.41) is 9.09. The van der Waals surface area contributed by atoms with E-state index in [1.165, 1.54) is 12.1 Å². The molecule has 2 fully saturated rings. The number of methoxy groups -OCH3 is 1. The van der Waals surface area contributed by atoms with E-state index in [2.05, 4.69) is 4.72 Å². The molecule has 1 saturated heterocycles. The van der Waals surface area contributed by atoms with E-state index in [-0.39, 0.29) is 34.4 Å². The van der Waals surface area contributed by atoms with E-state index in [4.69, 9.17) is 14.7 Å². The van der Waals surface area contributed by atoms with Gasteiger partial charge in [-0.25, -0.2) is 13.1 Å². The zero-order valence-corrected chi connectivity index (χ0v) is 13.0. The molecule has 4 atom stereocenters. The third-order valence-electron chi connectivity index (χ3n) is 4.48. The van der Waals surface area contributed by atoms with Crippen molar-refractivity contribution in [2.45, 2.75) is 23.5 Å². The lowest BCUT2D eigenvalue weighted by Crippen LogP contribution is -2.62. The van der Waals surface area contributed by atoms with Gasteiger partial charge in [0, 0.05) is 31.6 Å². The summed E-state index contributed by atoms with van der Waals surface area (Å²) in [5.74, 6) is 0.200. The summed E-state index contributed by atoms with van der Waals surface area (Å²) in [7, 11) is -2.14. The van der Waals surface area contributed by atoms with Crippen LogP contribution < -0.4 is 4.72 Å². The lowest BCUT2D eigenvalue weighted by Gasteiger charge is -2.47. The molecule has 1 saturated carbocycles. The maximum atomic E-state index is 12.6. The van der Waals surface area contributed by atoms with Crippen LogP contribution in [-0.2, 0) is 19.5 Å². The molecule has 1 aromatic rings.